The van der Waals surface area contributed by atoms with Crippen LogP contribution in [0.3, 0.4) is 0 Å². The van der Waals surface area contributed by atoms with Gasteiger partial charge < -0.3 is 9.47 Å². The SMILES string of the molecule is c1ccc(-c2ccc(-c3c4ccccc4c(-c4cccc(-c5cccc6c5Oc5ccccc5O6)c4)c4ccccc34)cc2)cc1. The summed E-state index contributed by atoms with van der Waals surface area (Å²) in [7, 11) is 0. The first-order chi connectivity index (χ1) is 22.8. The molecule has 2 nitrogen and oxygen atoms in total. The Hall–Kier alpha value is -6.12. The van der Waals surface area contributed by atoms with Crippen LogP contribution in [0.2, 0.25) is 0 Å². The standard InChI is InChI=1S/C44H28O2/c1-2-12-29(13-3-1)30-24-26-31(27-25-30)42-35-16-4-6-18-37(35)43(38-19-7-5-17-36(38)42)33-15-10-14-32(28-33)34-20-11-23-41-44(34)46-40-22-9-8-21-39(40)45-41/h1-28H. The first-order valence-corrected chi connectivity index (χ1v) is 15.6. The Morgan fingerprint density at radius 1 is 0.283 bits per heavy atom. The van der Waals surface area contributed by atoms with Crippen LogP contribution in [0, 0.1) is 0 Å². The van der Waals surface area contributed by atoms with Gasteiger partial charge in [-0.25, -0.2) is 0 Å². The molecule has 216 valence electrons. The first-order valence-electron chi connectivity index (χ1n) is 15.6. The normalized spacial score (nSPS) is 11.8. The van der Waals surface area contributed by atoms with Gasteiger partial charge in [-0.1, -0.05) is 146 Å². The number of ether oxygens (including phenoxy) is 2. The third-order valence-electron chi connectivity index (χ3n) is 8.93. The van der Waals surface area contributed by atoms with E-state index in [1.807, 2.05) is 36.4 Å². The van der Waals surface area contributed by atoms with E-state index in [1.165, 1.54) is 49.4 Å². The molecule has 1 heterocycles. The van der Waals surface area contributed by atoms with Crippen LogP contribution < -0.4 is 9.47 Å². The average molecular weight is 589 g/mol. The van der Waals surface area contributed by atoms with E-state index in [1.54, 1.807) is 0 Å². The van der Waals surface area contributed by atoms with E-state index in [0.717, 1.165) is 39.7 Å². The van der Waals surface area contributed by atoms with E-state index in [9.17, 15) is 0 Å². The third kappa shape index (κ3) is 4.35. The van der Waals surface area contributed by atoms with Crippen molar-refractivity contribution in [2.75, 3.05) is 0 Å². The van der Waals surface area contributed by atoms with Gasteiger partial charge in [0.25, 0.3) is 0 Å². The Labute approximate surface area is 267 Å². The number of fused-ring (bicyclic) bond motifs is 4. The van der Waals surface area contributed by atoms with Crippen molar-refractivity contribution in [3.63, 3.8) is 0 Å². The highest BCUT2D eigenvalue weighted by Crippen LogP contribution is 2.50. The van der Waals surface area contributed by atoms with Gasteiger partial charge in [-0.2, -0.15) is 0 Å². The molecule has 0 radical (unpaired) electrons. The summed E-state index contributed by atoms with van der Waals surface area (Å²) in [5.74, 6) is 2.92. The molecule has 0 N–H and O–H groups in total. The zero-order valence-corrected chi connectivity index (χ0v) is 25.0. The zero-order chi connectivity index (χ0) is 30.5. The van der Waals surface area contributed by atoms with Crippen molar-refractivity contribution in [3.05, 3.63) is 170 Å². The van der Waals surface area contributed by atoms with Gasteiger partial charge >= 0.3 is 0 Å². The van der Waals surface area contributed by atoms with E-state index in [4.69, 9.17) is 9.47 Å². The monoisotopic (exact) mass is 588 g/mol. The van der Waals surface area contributed by atoms with Crippen LogP contribution in [-0.2, 0) is 0 Å². The average Bonchev–Trinajstić information content (AvgIpc) is 3.13. The fourth-order valence-electron chi connectivity index (χ4n) is 6.83. The molecule has 0 aromatic heterocycles. The number of benzene rings is 8. The predicted molar refractivity (Wildman–Crippen MR) is 190 cm³/mol. The predicted octanol–water partition coefficient (Wildman–Crippen LogP) is 12.6. The first kappa shape index (κ1) is 26.3. The molecule has 46 heavy (non-hydrogen) atoms. The maximum absolute atomic E-state index is 6.43. The van der Waals surface area contributed by atoms with Gasteiger partial charge in [0.2, 0.25) is 0 Å². The van der Waals surface area contributed by atoms with Crippen LogP contribution in [0.1, 0.15) is 0 Å². The maximum atomic E-state index is 6.43. The van der Waals surface area contributed by atoms with Gasteiger partial charge in [0.1, 0.15) is 0 Å². The lowest BCUT2D eigenvalue weighted by Crippen LogP contribution is -2.00. The summed E-state index contributed by atoms with van der Waals surface area (Å²) in [5, 5.41) is 4.92. The Morgan fingerprint density at radius 2 is 0.739 bits per heavy atom. The largest absolute Gasteiger partial charge is 0.449 e. The molecule has 0 aliphatic carbocycles. The second-order valence-electron chi connectivity index (χ2n) is 11.6. The highest BCUT2D eigenvalue weighted by molar-refractivity contribution is 6.21. The number of rotatable bonds is 4. The summed E-state index contributed by atoms with van der Waals surface area (Å²) >= 11 is 0. The molecule has 0 atom stereocenters. The van der Waals surface area contributed by atoms with Gasteiger partial charge in [-0.15, -0.1) is 0 Å². The van der Waals surface area contributed by atoms with Crippen LogP contribution in [-0.4, -0.2) is 0 Å². The highest BCUT2D eigenvalue weighted by Gasteiger charge is 2.23. The Balaban J connectivity index is 1.21. The minimum absolute atomic E-state index is 0.722. The van der Waals surface area contributed by atoms with Crippen molar-refractivity contribution in [2.24, 2.45) is 0 Å². The molecule has 9 rings (SSSR count). The minimum atomic E-state index is 0.722. The van der Waals surface area contributed by atoms with E-state index < -0.39 is 0 Å². The third-order valence-corrected chi connectivity index (χ3v) is 8.93. The molecule has 0 fully saturated rings. The van der Waals surface area contributed by atoms with Gasteiger partial charge in [-0.3, -0.25) is 0 Å². The van der Waals surface area contributed by atoms with E-state index in [0.29, 0.717) is 0 Å². The Morgan fingerprint density at radius 3 is 1.41 bits per heavy atom. The lowest BCUT2D eigenvalue weighted by molar-refractivity contribution is 0.361. The molecular weight excluding hydrogens is 560 g/mol. The number of hydrogen-bond acceptors (Lipinski definition) is 2. The van der Waals surface area contributed by atoms with Crippen LogP contribution in [0.5, 0.6) is 23.0 Å². The summed E-state index contributed by atoms with van der Waals surface area (Å²) in [6.45, 7) is 0. The summed E-state index contributed by atoms with van der Waals surface area (Å²) in [5.41, 5.74) is 9.36. The van der Waals surface area contributed by atoms with Crippen molar-refractivity contribution in [1.29, 1.82) is 0 Å². The van der Waals surface area contributed by atoms with Crippen LogP contribution in [0.15, 0.2) is 170 Å². The van der Waals surface area contributed by atoms with E-state index >= 15 is 0 Å². The van der Waals surface area contributed by atoms with Gasteiger partial charge in [-0.05, 0) is 84.8 Å². The number of para-hydroxylation sites is 3. The van der Waals surface area contributed by atoms with Gasteiger partial charge in [0.15, 0.2) is 23.0 Å². The molecule has 8 aromatic carbocycles. The molecule has 8 aromatic rings. The molecule has 0 amide bonds. The van der Waals surface area contributed by atoms with Crippen molar-refractivity contribution in [1.82, 2.24) is 0 Å². The lowest BCUT2D eigenvalue weighted by Gasteiger charge is -2.23. The molecule has 2 heteroatoms. The molecule has 1 aliphatic rings. The minimum Gasteiger partial charge on any atom is -0.449 e. The molecule has 0 saturated carbocycles. The summed E-state index contributed by atoms with van der Waals surface area (Å²) in [6.07, 6.45) is 0. The van der Waals surface area contributed by atoms with Crippen molar-refractivity contribution < 1.29 is 9.47 Å². The highest BCUT2D eigenvalue weighted by atomic mass is 16.6. The van der Waals surface area contributed by atoms with Crippen molar-refractivity contribution in [3.8, 4) is 67.5 Å². The van der Waals surface area contributed by atoms with Crippen LogP contribution in [0.4, 0.5) is 0 Å². The Kier molecular flexibility index (Phi) is 6.17. The fraction of sp³-hybridized carbons (Fsp3) is 0. The van der Waals surface area contributed by atoms with Crippen molar-refractivity contribution in [2.45, 2.75) is 0 Å². The molecule has 0 bridgehead atoms. The smallest absolute Gasteiger partial charge is 0.177 e. The second-order valence-corrected chi connectivity index (χ2v) is 11.6. The van der Waals surface area contributed by atoms with Crippen molar-refractivity contribution >= 4 is 21.5 Å². The van der Waals surface area contributed by atoms with Crippen LogP contribution >= 0.6 is 0 Å². The quantitative estimate of drug-likeness (QED) is 0.190. The summed E-state index contributed by atoms with van der Waals surface area (Å²) < 4.78 is 12.7. The molecular formula is C44H28O2. The summed E-state index contributed by atoms with van der Waals surface area (Å²) in [6, 6.07) is 59.8. The van der Waals surface area contributed by atoms with E-state index in [2.05, 4.69) is 133 Å². The summed E-state index contributed by atoms with van der Waals surface area (Å²) in [4.78, 5) is 0. The lowest BCUT2D eigenvalue weighted by atomic mass is 9.85. The van der Waals surface area contributed by atoms with Crippen LogP contribution in [0.25, 0.3) is 66.1 Å². The fourth-order valence-corrected chi connectivity index (χ4v) is 6.83. The van der Waals surface area contributed by atoms with Gasteiger partial charge in [0, 0.05) is 5.56 Å². The second kappa shape index (κ2) is 10.8. The molecule has 1 aliphatic heterocycles. The zero-order valence-electron chi connectivity index (χ0n) is 25.0. The maximum Gasteiger partial charge on any atom is 0.177 e. The molecule has 0 unspecified atom stereocenters. The molecule has 0 spiro atoms. The topological polar surface area (TPSA) is 18.5 Å². The molecule has 0 saturated heterocycles. The van der Waals surface area contributed by atoms with E-state index in [-0.39, 0.29) is 0 Å². The van der Waals surface area contributed by atoms with Gasteiger partial charge in [0.05, 0.1) is 0 Å². The number of hydrogen-bond donors (Lipinski definition) is 0. The Bertz CT molecular complexity index is 2350.